The molecule has 7 heteroatoms. The number of furan rings is 1. The summed E-state index contributed by atoms with van der Waals surface area (Å²) in [4.78, 5) is 16.3. The first kappa shape index (κ1) is 18.1. The van der Waals surface area contributed by atoms with Gasteiger partial charge in [0.15, 0.2) is 11.7 Å². The molecule has 2 rings (SSSR count). The van der Waals surface area contributed by atoms with Crippen molar-refractivity contribution < 1.29 is 9.21 Å². The number of aliphatic imine (C=N–C) groups is 1. The Morgan fingerprint density at radius 3 is 2.79 bits per heavy atom. The van der Waals surface area contributed by atoms with E-state index < -0.39 is 0 Å². The van der Waals surface area contributed by atoms with Crippen LogP contribution in [0.15, 0.2) is 44.6 Å². The second-order valence-electron chi connectivity index (χ2n) is 5.34. The zero-order valence-corrected chi connectivity index (χ0v) is 14.9. The Morgan fingerprint density at radius 2 is 2.12 bits per heavy atom. The highest BCUT2D eigenvalue weighted by Gasteiger charge is 2.08. The van der Waals surface area contributed by atoms with Crippen LogP contribution in [0.3, 0.4) is 0 Å². The first-order valence-corrected chi connectivity index (χ1v) is 9.01. The largest absolute Gasteiger partial charge is 0.459 e. The molecule has 1 amide bonds. The lowest BCUT2D eigenvalue weighted by Gasteiger charge is -2.13. The molecule has 6 nitrogen and oxygen atoms in total. The van der Waals surface area contributed by atoms with E-state index in [9.17, 15) is 4.79 Å². The van der Waals surface area contributed by atoms with E-state index in [0.717, 1.165) is 12.5 Å². The Kier molecular flexibility index (Phi) is 7.35. The maximum Gasteiger partial charge on any atom is 0.287 e. The SMILES string of the molecule is CCNC(=NCC(C)c1ccsc1)NCCNC(=O)c1ccco1. The quantitative estimate of drug-likeness (QED) is 0.389. The molecule has 2 aromatic rings. The van der Waals surface area contributed by atoms with Crippen molar-refractivity contribution in [3.63, 3.8) is 0 Å². The van der Waals surface area contributed by atoms with E-state index in [1.54, 1.807) is 23.5 Å². The molecule has 0 saturated heterocycles. The monoisotopic (exact) mass is 348 g/mol. The summed E-state index contributed by atoms with van der Waals surface area (Å²) in [7, 11) is 0. The summed E-state index contributed by atoms with van der Waals surface area (Å²) in [5, 5.41) is 13.5. The van der Waals surface area contributed by atoms with Gasteiger partial charge in [-0.1, -0.05) is 6.92 Å². The molecule has 0 radical (unpaired) electrons. The van der Waals surface area contributed by atoms with Gasteiger partial charge in [0.1, 0.15) is 0 Å². The van der Waals surface area contributed by atoms with Crippen molar-refractivity contribution in [2.24, 2.45) is 4.99 Å². The van der Waals surface area contributed by atoms with Gasteiger partial charge in [0.25, 0.3) is 5.91 Å². The molecule has 0 aliphatic heterocycles. The number of thiophene rings is 1. The second-order valence-corrected chi connectivity index (χ2v) is 6.12. The van der Waals surface area contributed by atoms with Crippen molar-refractivity contribution in [3.8, 4) is 0 Å². The van der Waals surface area contributed by atoms with Crippen molar-refractivity contribution in [2.75, 3.05) is 26.2 Å². The lowest BCUT2D eigenvalue weighted by molar-refractivity contribution is 0.0926. The standard InChI is InChI=1S/C17H24N4O2S/c1-3-18-17(21-11-13(2)14-6-10-24-12-14)20-8-7-19-16(22)15-5-4-9-23-15/h4-6,9-10,12-13H,3,7-8,11H2,1-2H3,(H,19,22)(H2,18,20,21). The van der Waals surface area contributed by atoms with Crippen molar-refractivity contribution in [3.05, 3.63) is 46.5 Å². The van der Waals surface area contributed by atoms with Gasteiger partial charge in [0.05, 0.1) is 6.26 Å². The molecule has 2 heterocycles. The summed E-state index contributed by atoms with van der Waals surface area (Å²) >= 11 is 1.70. The molecule has 0 saturated carbocycles. The van der Waals surface area contributed by atoms with Crippen molar-refractivity contribution in [1.29, 1.82) is 0 Å². The fourth-order valence-corrected chi connectivity index (χ4v) is 2.86. The van der Waals surface area contributed by atoms with Gasteiger partial charge in [-0.05, 0) is 41.4 Å². The normalized spacial score (nSPS) is 12.7. The fourth-order valence-electron chi connectivity index (χ4n) is 2.08. The van der Waals surface area contributed by atoms with E-state index >= 15 is 0 Å². The number of carbonyl (C=O) groups is 1. The number of amides is 1. The Balaban J connectivity index is 1.74. The van der Waals surface area contributed by atoms with E-state index in [-0.39, 0.29) is 5.91 Å². The predicted octanol–water partition coefficient (Wildman–Crippen LogP) is 2.43. The van der Waals surface area contributed by atoms with Crippen LogP contribution in [0, 0.1) is 0 Å². The minimum atomic E-state index is -0.213. The van der Waals surface area contributed by atoms with Gasteiger partial charge in [-0.25, -0.2) is 0 Å². The lowest BCUT2D eigenvalue weighted by Crippen LogP contribution is -2.41. The molecule has 0 bridgehead atoms. The van der Waals surface area contributed by atoms with Crippen molar-refractivity contribution >= 4 is 23.2 Å². The smallest absolute Gasteiger partial charge is 0.287 e. The van der Waals surface area contributed by atoms with Crippen LogP contribution >= 0.6 is 11.3 Å². The van der Waals surface area contributed by atoms with Crippen LogP contribution in [0.2, 0.25) is 0 Å². The summed E-state index contributed by atoms with van der Waals surface area (Å²) in [6.07, 6.45) is 1.48. The summed E-state index contributed by atoms with van der Waals surface area (Å²) in [5.74, 6) is 1.24. The summed E-state index contributed by atoms with van der Waals surface area (Å²) in [6.45, 7) is 6.77. The third kappa shape index (κ3) is 5.73. The van der Waals surface area contributed by atoms with Crippen LogP contribution < -0.4 is 16.0 Å². The minimum absolute atomic E-state index is 0.213. The molecule has 0 spiro atoms. The average molecular weight is 348 g/mol. The van der Waals surface area contributed by atoms with Crippen LogP contribution in [-0.4, -0.2) is 38.0 Å². The van der Waals surface area contributed by atoms with E-state index in [1.165, 1.54) is 11.8 Å². The topological polar surface area (TPSA) is 78.7 Å². The average Bonchev–Trinajstić information content (AvgIpc) is 3.29. The number of nitrogens with zero attached hydrogens (tertiary/aromatic N) is 1. The van der Waals surface area contributed by atoms with Gasteiger partial charge in [-0.2, -0.15) is 11.3 Å². The molecule has 1 unspecified atom stereocenters. The summed E-state index contributed by atoms with van der Waals surface area (Å²) in [6, 6.07) is 5.47. The molecule has 3 N–H and O–H groups in total. The third-order valence-electron chi connectivity index (χ3n) is 3.43. The highest BCUT2D eigenvalue weighted by atomic mass is 32.1. The molecule has 0 aromatic carbocycles. The number of hydrogen-bond acceptors (Lipinski definition) is 4. The summed E-state index contributed by atoms with van der Waals surface area (Å²) in [5.41, 5.74) is 1.31. The van der Waals surface area contributed by atoms with Gasteiger partial charge >= 0.3 is 0 Å². The molecule has 0 fully saturated rings. The third-order valence-corrected chi connectivity index (χ3v) is 4.13. The van der Waals surface area contributed by atoms with E-state index in [2.05, 4.69) is 44.7 Å². The predicted molar refractivity (Wildman–Crippen MR) is 97.8 cm³/mol. The van der Waals surface area contributed by atoms with E-state index in [4.69, 9.17) is 4.42 Å². The Hall–Kier alpha value is -2.28. The van der Waals surface area contributed by atoms with Crippen LogP contribution in [0.25, 0.3) is 0 Å². The van der Waals surface area contributed by atoms with Gasteiger partial charge in [0.2, 0.25) is 0 Å². The molecular weight excluding hydrogens is 324 g/mol. The van der Waals surface area contributed by atoms with Crippen molar-refractivity contribution in [1.82, 2.24) is 16.0 Å². The number of carbonyl (C=O) groups excluding carboxylic acids is 1. The molecule has 0 aliphatic rings. The van der Waals surface area contributed by atoms with Gasteiger partial charge < -0.3 is 20.4 Å². The number of hydrogen-bond donors (Lipinski definition) is 3. The first-order valence-electron chi connectivity index (χ1n) is 8.06. The molecule has 130 valence electrons. The van der Waals surface area contributed by atoms with Gasteiger partial charge in [0, 0.05) is 32.1 Å². The Bertz CT molecular complexity index is 623. The van der Waals surface area contributed by atoms with Crippen LogP contribution in [0.5, 0.6) is 0 Å². The Labute approximate surface area is 146 Å². The van der Waals surface area contributed by atoms with Crippen LogP contribution in [0.4, 0.5) is 0 Å². The number of nitrogens with one attached hydrogen (secondary N) is 3. The lowest BCUT2D eigenvalue weighted by atomic mass is 10.1. The molecule has 1 atom stereocenters. The van der Waals surface area contributed by atoms with Crippen LogP contribution in [-0.2, 0) is 0 Å². The van der Waals surface area contributed by atoms with E-state index in [0.29, 0.717) is 31.3 Å². The number of guanidine groups is 1. The maximum absolute atomic E-state index is 11.7. The van der Waals surface area contributed by atoms with Gasteiger partial charge in [-0.3, -0.25) is 9.79 Å². The van der Waals surface area contributed by atoms with Crippen molar-refractivity contribution in [2.45, 2.75) is 19.8 Å². The fraction of sp³-hybridized carbons (Fsp3) is 0.412. The zero-order chi connectivity index (χ0) is 17.2. The maximum atomic E-state index is 11.7. The molecule has 0 aliphatic carbocycles. The minimum Gasteiger partial charge on any atom is -0.459 e. The van der Waals surface area contributed by atoms with Crippen LogP contribution in [0.1, 0.15) is 35.9 Å². The highest BCUT2D eigenvalue weighted by Crippen LogP contribution is 2.18. The van der Waals surface area contributed by atoms with E-state index in [1.807, 2.05) is 6.92 Å². The van der Waals surface area contributed by atoms with Gasteiger partial charge in [-0.15, -0.1) is 0 Å². The number of rotatable bonds is 8. The highest BCUT2D eigenvalue weighted by molar-refractivity contribution is 7.07. The molecule has 24 heavy (non-hydrogen) atoms. The zero-order valence-electron chi connectivity index (χ0n) is 14.0. The Morgan fingerprint density at radius 1 is 1.29 bits per heavy atom. The first-order chi connectivity index (χ1) is 11.7. The second kappa shape index (κ2) is 9.77. The molecule has 2 aromatic heterocycles. The molecular formula is C17H24N4O2S. The summed E-state index contributed by atoms with van der Waals surface area (Å²) < 4.78 is 5.04.